The van der Waals surface area contributed by atoms with Crippen molar-refractivity contribution in [1.29, 1.82) is 0 Å². The molecule has 0 atom stereocenters. The lowest BCUT2D eigenvalue weighted by atomic mass is 10.2. The second-order valence-corrected chi connectivity index (χ2v) is 7.92. The molecule has 0 aliphatic carbocycles. The predicted octanol–water partition coefficient (Wildman–Crippen LogP) is 7.31. The Morgan fingerprint density at radius 2 is 1.62 bits per heavy atom. The first-order valence-corrected chi connectivity index (χ1v) is 10.3. The summed E-state index contributed by atoms with van der Waals surface area (Å²) in [6.45, 7) is 4.86. The second kappa shape index (κ2) is 12.4. The van der Waals surface area contributed by atoms with Crippen LogP contribution in [0.2, 0.25) is 15.1 Å². The van der Waals surface area contributed by atoms with Crippen molar-refractivity contribution < 1.29 is 14.3 Å². The van der Waals surface area contributed by atoms with Gasteiger partial charge < -0.3 is 9.47 Å². The number of hydroxylamine groups is 1. The van der Waals surface area contributed by atoms with E-state index in [9.17, 15) is 0 Å². The van der Waals surface area contributed by atoms with Crippen LogP contribution in [0.15, 0.2) is 53.5 Å². The summed E-state index contributed by atoms with van der Waals surface area (Å²) in [5.41, 5.74) is 4.31. The average molecular weight is 498 g/mol. The molecule has 2 rings (SSSR count). The Balaban J connectivity index is 1.72. The van der Waals surface area contributed by atoms with E-state index >= 15 is 0 Å². The molecule has 0 unspecified atom stereocenters. The fourth-order valence-corrected chi connectivity index (χ4v) is 2.94. The van der Waals surface area contributed by atoms with Crippen molar-refractivity contribution in [2.24, 2.45) is 0 Å². The zero-order chi connectivity index (χ0) is 21.2. The lowest BCUT2D eigenvalue weighted by Crippen LogP contribution is -2.15. The quantitative estimate of drug-likeness (QED) is 0.261. The van der Waals surface area contributed by atoms with E-state index in [4.69, 9.17) is 72.3 Å². The first kappa shape index (κ1) is 24.0. The molecule has 0 saturated carbocycles. The number of benzene rings is 2. The smallest absolute Gasteiger partial charge is 0.156 e. The third kappa shape index (κ3) is 8.55. The molecule has 2 aromatic rings. The zero-order valence-corrected chi connectivity index (χ0v) is 19.0. The minimum absolute atomic E-state index is 0.121. The van der Waals surface area contributed by atoms with Gasteiger partial charge in [-0.2, -0.15) is 0 Å². The molecule has 2 aromatic carbocycles. The monoisotopic (exact) mass is 495 g/mol. The van der Waals surface area contributed by atoms with Gasteiger partial charge in [0.05, 0.1) is 29.0 Å². The number of ether oxygens (including phenoxy) is 2. The Labute approximate surface area is 194 Å². The topological polar surface area (TPSA) is 39.7 Å². The van der Waals surface area contributed by atoms with Gasteiger partial charge in [-0.3, -0.25) is 10.3 Å². The molecule has 0 aromatic heterocycles. The van der Waals surface area contributed by atoms with E-state index in [0.29, 0.717) is 51.9 Å². The summed E-state index contributed by atoms with van der Waals surface area (Å²) in [6, 6.07) is 10.5. The van der Waals surface area contributed by atoms with Crippen LogP contribution in [0.3, 0.4) is 0 Å². The van der Waals surface area contributed by atoms with Gasteiger partial charge in [0.15, 0.2) is 5.75 Å². The van der Waals surface area contributed by atoms with Gasteiger partial charge in [0, 0.05) is 23.6 Å². The molecular formula is C20H18Cl5NO3. The molecule has 9 heteroatoms. The summed E-state index contributed by atoms with van der Waals surface area (Å²) in [4.78, 5) is 5.39. The molecule has 0 amide bonds. The van der Waals surface area contributed by atoms with Crippen LogP contribution in [-0.2, 0) is 4.84 Å². The standard InChI is InChI=1S/C20H18Cl5NO3/c1-13(14-3-5-15(21)6-4-14)26-29-9-2-8-28-20-17(22)11-16(12-18(20)23)27-10-7-19(24)25/h3-7,11-12,26H,1-2,8-10H2. The van der Waals surface area contributed by atoms with Gasteiger partial charge in [0.1, 0.15) is 16.8 Å². The highest BCUT2D eigenvalue weighted by molar-refractivity contribution is 6.55. The maximum atomic E-state index is 6.22. The van der Waals surface area contributed by atoms with Crippen molar-refractivity contribution >= 4 is 63.7 Å². The Hall–Kier alpha value is -1.27. The average Bonchev–Trinajstić information content (AvgIpc) is 2.66. The fraction of sp³-hybridized carbons (Fsp3) is 0.200. The molecule has 156 valence electrons. The van der Waals surface area contributed by atoms with E-state index < -0.39 is 0 Å². The van der Waals surface area contributed by atoms with Gasteiger partial charge >= 0.3 is 0 Å². The van der Waals surface area contributed by atoms with Crippen molar-refractivity contribution in [3.63, 3.8) is 0 Å². The van der Waals surface area contributed by atoms with Crippen LogP contribution in [0.4, 0.5) is 0 Å². The number of nitrogens with one attached hydrogen (secondary N) is 1. The second-order valence-electron chi connectivity index (χ2n) is 5.66. The molecule has 0 saturated heterocycles. The Bertz CT molecular complexity index is 829. The maximum Gasteiger partial charge on any atom is 0.156 e. The van der Waals surface area contributed by atoms with E-state index in [-0.39, 0.29) is 11.1 Å². The van der Waals surface area contributed by atoms with Gasteiger partial charge in [0.2, 0.25) is 0 Å². The molecule has 0 aliphatic heterocycles. The molecule has 0 aliphatic rings. The molecule has 0 radical (unpaired) electrons. The van der Waals surface area contributed by atoms with E-state index in [2.05, 4.69) is 12.1 Å². The summed E-state index contributed by atoms with van der Waals surface area (Å²) in [5, 5.41) is 1.33. The van der Waals surface area contributed by atoms with E-state index in [1.54, 1.807) is 24.3 Å². The van der Waals surface area contributed by atoms with Gasteiger partial charge in [-0.05, 0) is 23.8 Å². The lowest BCUT2D eigenvalue weighted by molar-refractivity contribution is 0.0687. The van der Waals surface area contributed by atoms with Crippen LogP contribution in [0.5, 0.6) is 11.5 Å². The molecule has 0 spiro atoms. The van der Waals surface area contributed by atoms with Gasteiger partial charge in [-0.15, -0.1) is 0 Å². The van der Waals surface area contributed by atoms with Crippen molar-refractivity contribution in [3.05, 3.63) is 74.2 Å². The lowest BCUT2D eigenvalue weighted by Gasteiger charge is -2.13. The summed E-state index contributed by atoms with van der Waals surface area (Å²) >= 11 is 29.3. The number of hydrogen-bond acceptors (Lipinski definition) is 4. The summed E-state index contributed by atoms with van der Waals surface area (Å²) < 4.78 is 11.2. The molecule has 4 nitrogen and oxygen atoms in total. The number of hydrogen-bond donors (Lipinski definition) is 1. The minimum Gasteiger partial charge on any atom is -0.490 e. The molecule has 1 N–H and O–H groups in total. The molecule has 29 heavy (non-hydrogen) atoms. The van der Waals surface area contributed by atoms with Crippen LogP contribution in [-0.4, -0.2) is 19.8 Å². The maximum absolute atomic E-state index is 6.22. The Kier molecular flexibility index (Phi) is 10.3. The van der Waals surface area contributed by atoms with Crippen LogP contribution in [0, 0.1) is 0 Å². The van der Waals surface area contributed by atoms with Crippen molar-refractivity contribution in [2.45, 2.75) is 6.42 Å². The fourth-order valence-electron chi connectivity index (χ4n) is 2.11. The van der Waals surface area contributed by atoms with Crippen LogP contribution in [0.1, 0.15) is 12.0 Å². The molecular weight excluding hydrogens is 479 g/mol. The summed E-state index contributed by atoms with van der Waals surface area (Å²) in [6.07, 6.45) is 2.11. The SMILES string of the molecule is C=C(NOCCCOc1c(Cl)cc(OCC=C(Cl)Cl)cc1Cl)c1ccc(Cl)cc1. The molecule has 0 fully saturated rings. The normalized spacial score (nSPS) is 10.4. The number of rotatable bonds is 11. The molecule has 0 bridgehead atoms. The van der Waals surface area contributed by atoms with E-state index in [0.717, 1.165) is 5.56 Å². The van der Waals surface area contributed by atoms with Crippen molar-refractivity contribution in [3.8, 4) is 11.5 Å². The first-order valence-electron chi connectivity index (χ1n) is 8.45. The predicted molar refractivity (Wildman–Crippen MR) is 121 cm³/mol. The van der Waals surface area contributed by atoms with Crippen LogP contribution in [0.25, 0.3) is 5.70 Å². The third-order valence-corrected chi connectivity index (χ3v) is 4.61. The Morgan fingerprint density at radius 1 is 0.966 bits per heavy atom. The van der Waals surface area contributed by atoms with Crippen molar-refractivity contribution in [1.82, 2.24) is 5.48 Å². The van der Waals surface area contributed by atoms with E-state index in [1.807, 2.05) is 12.1 Å². The molecule has 0 heterocycles. The van der Waals surface area contributed by atoms with Gasteiger partial charge in [0.25, 0.3) is 0 Å². The zero-order valence-electron chi connectivity index (χ0n) is 15.2. The van der Waals surface area contributed by atoms with Crippen molar-refractivity contribution in [2.75, 3.05) is 19.8 Å². The highest BCUT2D eigenvalue weighted by Crippen LogP contribution is 2.37. The van der Waals surface area contributed by atoms with Crippen LogP contribution >= 0.6 is 58.0 Å². The minimum atomic E-state index is 0.121. The Morgan fingerprint density at radius 3 is 2.24 bits per heavy atom. The highest BCUT2D eigenvalue weighted by Gasteiger charge is 2.10. The highest BCUT2D eigenvalue weighted by atomic mass is 35.5. The largest absolute Gasteiger partial charge is 0.490 e. The van der Waals surface area contributed by atoms with Crippen LogP contribution < -0.4 is 15.0 Å². The summed E-state index contributed by atoms with van der Waals surface area (Å²) in [5.74, 6) is 0.858. The van der Waals surface area contributed by atoms with Gasteiger partial charge in [-0.1, -0.05) is 76.7 Å². The number of halogens is 5. The third-order valence-electron chi connectivity index (χ3n) is 3.48. The van der Waals surface area contributed by atoms with Gasteiger partial charge in [-0.25, -0.2) is 0 Å². The summed E-state index contributed by atoms with van der Waals surface area (Å²) in [7, 11) is 0. The first-order chi connectivity index (χ1) is 13.9. The van der Waals surface area contributed by atoms with E-state index in [1.165, 1.54) is 6.08 Å².